The molecule has 0 unspecified atom stereocenters. The molecule has 5 nitrogen and oxygen atoms in total. The molecule has 0 aromatic heterocycles. The molecule has 1 aromatic rings. The summed E-state index contributed by atoms with van der Waals surface area (Å²) in [5.74, 6) is 0.254. The van der Waals surface area contributed by atoms with Crippen LogP contribution in [-0.2, 0) is 11.3 Å². The summed E-state index contributed by atoms with van der Waals surface area (Å²) in [7, 11) is 0. The number of piperazine rings is 2. The minimum Gasteiger partial charge on any atom is -0.341 e. The molecule has 0 bridgehead atoms. The van der Waals surface area contributed by atoms with Crippen LogP contribution in [0.1, 0.15) is 47.1 Å². The van der Waals surface area contributed by atoms with Crippen molar-refractivity contribution in [2.24, 2.45) is 0 Å². The first kappa shape index (κ1) is 26.6. The van der Waals surface area contributed by atoms with E-state index in [9.17, 15) is 4.79 Å². The molecule has 0 spiro atoms. The van der Waals surface area contributed by atoms with Crippen LogP contribution in [0.15, 0.2) is 30.3 Å². The molecule has 3 rings (SSSR count). The molecular weight excluding hydrogens is 348 g/mol. The summed E-state index contributed by atoms with van der Waals surface area (Å²) >= 11 is 0. The molecule has 0 radical (unpaired) electrons. The second-order valence-corrected chi connectivity index (χ2v) is 6.35. The standard InChI is InChI=1S/C13H18N2O.C6H14N2.2C2H6/c1-2-15-9-8-14(11-13(15)16)10-12-6-4-3-5-7-12;1-2-8-5-3-7-4-6-8;2*1-2/h3-7H,2,8-11H2,1H3;7H,2-6H2,1H3;2*1-2H3. The van der Waals surface area contributed by atoms with Crippen molar-refractivity contribution < 1.29 is 4.79 Å². The Balaban J connectivity index is 0.000000511. The third-order valence-corrected chi connectivity index (χ3v) is 4.69. The fraction of sp³-hybridized carbons (Fsp3) is 0.696. The molecule has 2 heterocycles. The summed E-state index contributed by atoms with van der Waals surface area (Å²) < 4.78 is 0. The molecule has 2 aliphatic rings. The Bertz CT molecular complexity index is 475. The molecule has 0 aliphatic carbocycles. The van der Waals surface area contributed by atoms with E-state index >= 15 is 0 Å². The van der Waals surface area contributed by atoms with Gasteiger partial charge in [0, 0.05) is 52.4 Å². The Morgan fingerprint density at radius 3 is 1.89 bits per heavy atom. The summed E-state index contributed by atoms with van der Waals surface area (Å²) in [6, 6.07) is 10.3. The number of carbonyl (C=O) groups excluding carboxylic acids is 1. The van der Waals surface area contributed by atoms with Crippen molar-refractivity contribution in [3.63, 3.8) is 0 Å². The van der Waals surface area contributed by atoms with Gasteiger partial charge in [0.2, 0.25) is 5.91 Å². The molecular formula is C23H44N4O. The maximum atomic E-state index is 11.7. The number of rotatable bonds is 4. The number of likely N-dealkylation sites (N-methyl/N-ethyl adjacent to an activating group) is 2. The lowest BCUT2D eigenvalue weighted by atomic mass is 10.2. The molecule has 1 aromatic carbocycles. The number of nitrogens with one attached hydrogen (secondary N) is 1. The van der Waals surface area contributed by atoms with Crippen LogP contribution in [0.3, 0.4) is 0 Å². The van der Waals surface area contributed by atoms with Crippen LogP contribution < -0.4 is 5.32 Å². The van der Waals surface area contributed by atoms with Gasteiger partial charge in [-0.15, -0.1) is 0 Å². The molecule has 28 heavy (non-hydrogen) atoms. The highest BCUT2D eigenvalue weighted by atomic mass is 16.2. The molecule has 1 amide bonds. The Labute approximate surface area is 174 Å². The van der Waals surface area contributed by atoms with Crippen LogP contribution in [0, 0.1) is 0 Å². The minimum absolute atomic E-state index is 0.254. The van der Waals surface area contributed by atoms with Gasteiger partial charge in [-0.3, -0.25) is 9.69 Å². The van der Waals surface area contributed by atoms with Crippen molar-refractivity contribution in [1.29, 1.82) is 0 Å². The highest BCUT2D eigenvalue weighted by Crippen LogP contribution is 2.08. The zero-order valence-electron chi connectivity index (χ0n) is 19.2. The molecule has 0 atom stereocenters. The zero-order valence-corrected chi connectivity index (χ0v) is 19.2. The van der Waals surface area contributed by atoms with Crippen molar-refractivity contribution in [3.05, 3.63) is 35.9 Å². The summed E-state index contributed by atoms with van der Waals surface area (Å²) in [4.78, 5) is 18.3. The first-order valence-corrected chi connectivity index (χ1v) is 11.2. The third-order valence-electron chi connectivity index (χ3n) is 4.69. The minimum atomic E-state index is 0.254. The number of amides is 1. The fourth-order valence-corrected chi connectivity index (χ4v) is 3.10. The molecule has 0 saturated carbocycles. The van der Waals surface area contributed by atoms with Crippen molar-refractivity contribution in [1.82, 2.24) is 20.0 Å². The van der Waals surface area contributed by atoms with Gasteiger partial charge in [-0.05, 0) is 19.0 Å². The predicted molar refractivity (Wildman–Crippen MR) is 122 cm³/mol. The van der Waals surface area contributed by atoms with Gasteiger partial charge in [0.05, 0.1) is 6.54 Å². The smallest absolute Gasteiger partial charge is 0.236 e. The van der Waals surface area contributed by atoms with Gasteiger partial charge in [-0.1, -0.05) is 65.0 Å². The average Bonchev–Trinajstić information content (AvgIpc) is 2.78. The van der Waals surface area contributed by atoms with E-state index in [4.69, 9.17) is 0 Å². The van der Waals surface area contributed by atoms with Gasteiger partial charge < -0.3 is 15.1 Å². The van der Waals surface area contributed by atoms with Crippen LogP contribution >= 0.6 is 0 Å². The number of hydrogen-bond acceptors (Lipinski definition) is 4. The van der Waals surface area contributed by atoms with Crippen molar-refractivity contribution in [2.45, 2.75) is 48.1 Å². The van der Waals surface area contributed by atoms with E-state index in [1.165, 1.54) is 38.3 Å². The lowest BCUT2D eigenvalue weighted by molar-refractivity contribution is -0.135. The van der Waals surface area contributed by atoms with Gasteiger partial charge in [0.25, 0.3) is 0 Å². The van der Waals surface area contributed by atoms with E-state index in [-0.39, 0.29) is 5.91 Å². The number of benzene rings is 1. The summed E-state index contributed by atoms with van der Waals surface area (Å²) in [5, 5.41) is 3.31. The SMILES string of the molecule is CC.CC.CCN1CCN(Cc2ccccc2)CC1=O.CCN1CCNCC1. The van der Waals surface area contributed by atoms with E-state index in [1.807, 2.05) is 57.7 Å². The summed E-state index contributed by atoms with van der Waals surface area (Å²) in [5.41, 5.74) is 1.28. The second kappa shape index (κ2) is 17.7. The summed E-state index contributed by atoms with van der Waals surface area (Å²) in [6.45, 7) is 22.4. The molecule has 2 fully saturated rings. The first-order chi connectivity index (χ1) is 13.7. The van der Waals surface area contributed by atoms with Crippen LogP contribution in [0.25, 0.3) is 0 Å². The van der Waals surface area contributed by atoms with Gasteiger partial charge in [-0.25, -0.2) is 0 Å². The van der Waals surface area contributed by atoms with Crippen LogP contribution in [-0.4, -0.2) is 79.5 Å². The normalized spacial score (nSPS) is 17.4. The van der Waals surface area contributed by atoms with Crippen molar-refractivity contribution >= 4 is 5.91 Å². The summed E-state index contributed by atoms with van der Waals surface area (Å²) in [6.07, 6.45) is 0. The highest BCUT2D eigenvalue weighted by Gasteiger charge is 2.22. The maximum absolute atomic E-state index is 11.7. The average molecular weight is 393 g/mol. The number of carbonyl (C=O) groups is 1. The topological polar surface area (TPSA) is 38.8 Å². The first-order valence-electron chi connectivity index (χ1n) is 11.2. The van der Waals surface area contributed by atoms with Gasteiger partial charge in [0.1, 0.15) is 0 Å². The van der Waals surface area contributed by atoms with Crippen molar-refractivity contribution in [2.75, 3.05) is 58.9 Å². The van der Waals surface area contributed by atoms with E-state index in [1.54, 1.807) is 0 Å². The zero-order chi connectivity index (χ0) is 21.2. The lowest BCUT2D eigenvalue weighted by Gasteiger charge is -2.33. The van der Waals surface area contributed by atoms with Crippen LogP contribution in [0.5, 0.6) is 0 Å². The van der Waals surface area contributed by atoms with Gasteiger partial charge in [-0.2, -0.15) is 0 Å². The van der Waals surface area contributed by atoms with Crippen molar-refractivity contribution in [3.8, 4) is 0 Å². The van der Waals surface area contributed by atoms with E-state index in [0.29, 0.717) is 6.54 Å². The van der Waals surface area contributed by atoms with Gasteiger partial charge >= 0.3 is 0 Å². The van der Waals surface area contributed by atoms with Crippen LogP contribution in [0.4, 0.5) is 0 Å². The van der Waals surface area contributed by atoms with E-state index < -0.39 is 0 Å². The molecule has 162 valence electrons. The maximum Gasteiger partial charge on any atom is 0.236 e. The Morgan fingerprint density at radius 2 is 1.43 bits per heavy atom. The van der Waals surface area contributed by atoms with Crippen LogP contribution in [0.2, 0.25) is 0 Å². The second-order valence-electron chi connectivity index (χ2n) is 6.35. The number of hydrogen-bond donors (Lipinski definition) is 1. The fourth-order valence-electron chi connectivity index (χ4n) is 3.10. The highest BCUT2D eigenvalue weighted by molar-refractivity contribution is 5.78. The Kier molecular flexibility index (Phi) is 16.8. The van der Waals surface area contributed by atoms with E-state index in [0.717, 1.165) is 26.2 Å². The largest absolute Gasteiger partial charge is 0.341 e. The molecule has 2 aliphatic heterocycles. The number of nitrogens with zero attached hydrogens (tertiary/aromatic N) is 3. The molecule has 1 N–H and O–H groups in total. The van der Waals surface area contributed by atoms with Gasteiger partial charge in [0.15, 0.2) is 0 Å². The third kappa shape index (κ3) is 10.8. The molecule has 2 saturated heterocycles. The Hall–Kier alpha value is -1.43. The quantitative estimate of drug-likeness (QED) is 0.853. The Morgan fingerprint density at radius 1 is 0.821 bits per heavy atom. The lowest BCUT2D eigenvalue weighted by Crippen LogP contribution is -2.49. The predicted octanol–water partition coefficient (Wildman–Crippen LogP) is 3.31. The van der Waals surface area contributed by atoms with E-state index in [2.05, 4.69) is 34.2 Å². The monoisotopic (exact) mass is 392 g/mol. The molecule has 5 heteroatoms.